The van der Waals surface area contributed by atoms with Crippen LogP contribution in [0, 0.1) is 17.8 Å². The van der Waals surface area contributed by atoms with Crippen LogP contribution in [0.25, 0.3) is 21.3 Å². The summed E-state index contributed by atoms with van der Waals surface area (Å²) in [7, 11) is 0. The van der Waals surface area contributed by atoms with Crippen molar-refractivity contribution in [3.8, 4) is 0 Å². The summed E-state index contributed by atoms with van der Waals surface area (Å²) in [6, 6.07) is 2.26. The van der Waals surface area contributed by atoms with Crippen LogP contribution in [0.1, 0.15) is 94.7 Å². The van der Waals surface area contributed by atoms with Crippen molar-refractivity contribution in [1.82, 2.24) is 19.4 Å². The van der Waals surface area contributed by atoms with Gasteiger partial charge in [-0.2, -0.15) is 0 Å². The number of rotatable bonds is 12. The van der Waals surface area contributed by atoms with Gasteiger partial charge in [-0.05, 0) is 81.6 Å². The van der Waals surface area contributed by atoms with Gasteiger partial charge in [0.2, 0.25) is 5.91 Å². The van der Waals surface area contributed by atoms with Crippen molar-refractivity contribution in [2.75, 3.05) is 51.9 Å². The molecule has 0 spiro atoms. The number of esters is 1. The lowest BCUT2D eigenvalue weighted by Gasteiger charge is -2.36. The van der Waals surface area contributed by atoms with Gasteiger partial charge in [-0.3, -0.25) is 9.59 Å². The smallest absolute Gasteiger partial charge is 0.302 e. The number of hydrogen-bond acceptors (Lipinski definition) is 9. The van der Waals surface area contributed by atoms with E-state index in [9.17, 15) is 9.59 Å². The summed E-state index contributed by atoms with van der Waals surface area (Å²) in [5.41, 5.74) is 9.55. The molecule has 3 aromatic rings. The topological polar surface area (TPSA) is 122 Å². The number of likely N-dealkylation sites (tertiary alicyclic amines) is 1. The van der Waals surface area contributed by atoms with E-state index in [1.165, 1.54) is 16.5 Å². The monoisotopic (exact) mass is 653 g/mol. The van der Waals surface area contributed by atoms with Gasteiger partial charge in [-0.1, -0.05) is 13.3 Å². The maximum atomic E-state index is 13.5. The van der Waals surface area contributed by atoms with Crippen molar-refractivity contribution in [2.45, 2.75) is 96.9 Å². The van der Waals surface area contributed by atoms with Gasteiger partial charge in [0, 0.05) is 63.6 Å². The number of aryl methyl sites for hydroxylation is 1. The second kappa shape index (κ2) is 15.4. The minimum atomic E-state index is -0.278. The molecule has 1 amide bonds. The minimum Gasteiger partial charge on any atom is -0.463 e. The van der Waals surface area contributed by atoms with Crippen LogP contribution in [0.3, 0.4) is 0 Å². The molecule has 2 aliphatic heterocycles. The highest BCUT2D eigenvalue weighted by atomic mass is 32.1. The molecule has 0 unspecified atom stereocenters. The predicted octanol–water partition coefficient (Wildman–Crippen LogP) is 6.09. The molecule has 10 nitrogen and oxygen atoms in total. The molecule has 0 bridgehead atoms. The fourth-order valence-electron chi connectivity index (χ4n) is 7.57. The molecule has 3 aromatic heterocycles. The molecular formula is C35H51N5O5S. The second-order valence-electron chi connectivity index (χ2n) is 13.6. The molecule has 1 aliphatic carbocycles. The highest BCUT2D eigenvalue weighted by Crippen LogP contribution is 2.41. The van der Waals surface area contributed by atoms with E-state index in [1.54, 1.807) is 0 Å². The highest BCUT2D eigenvalue weighted by molar-refractivity contribution is 7.20. The number of nitrogens with two attached hydrogens (primary N) is 1. The van der Waals surface area contributed by atoms with Gasteiger partial charge >= 0.3 is 5.97 Å². The maximum absolute atomic E-state index is 13.5. The SMILES string of the molecule is CCCCc1nc2c(N)nc3cc(C4CCN(C(=O)C5CCC(COCCOC(C)=O)CC5)CC4)sc3c2n1CC1CCOCC1. The van der Waals surface area contributed by atoms with Crippen LogP contribution in [-0.2, 0) is 36.8 Å². The van der Waals surface area contributed by atoms with E-state index in [0.717, 1.165) is 126 Å². The molecule has 0 radical (unpaired) electrons. The second-order valence-corrected chi connectivity index (χ2v) is 14.7. The Morgan fingerprint density at radius 1 is 1.02 bits per heavy atom. The Morgan fingerprint density at radius 3 is 2.50 bits per heavy atom. The Labute approximate surface area is 276 Å². The largest absolute Gasteiger partial charge is 0.463 e. The molecule has 2 N–H and O–H groups in total. The van der Waals surface area contributed by atoms with Crippen molar-refractivity contribution < 1.29 is 23.8 Å². The number of carbonyl (C=O) groups excluding carboxylic acids is 2. The van der Waals surface area contributed by atoms with Crippen molar-refractivity contribution in [1.29, 1.82) is 0 Å². The normalized spacial score (nSPS) is 21.7. The van der Waals surface area contributed by atoms with Gasteiger partial charge in [0.15, 0.2) is 5.82 Å². The third kappa shape index (κ3) is 7.68. The van der Waals surface area contributed by atoms with E-state index in [2.05, 4.69) is 22.5 Å². The zero-order valence-corrected chi connectivity index (χ0v) is 28.5. The van der Waals surface area contributed by atoms with E-state index in [-0.39, 0.29) is 11.9 Å². The zero-order chi connectivity index (χ0) is 32.0. The number of nitrogen functional groups attached to an aromatic ring is 1. The maximum Gasteiger partial charge on any atom is 0.302 e. The number of amides is 1. The Balaban J connectivity index is 1.09. The summed E-state index contributed by atoms with van der Waals surface area (Å²) >= 11 is 1.86. The summed E-state index contributed by atoms with van der Waals surface area (Å²) < 4.78 is 20.0. The van der Waals surface area contributed by atoms with E-state index in [4.69, 9.17) is 29.9 Å². The first-order valence-corrected chi connectivity index (χ1v) is 18.4. The van der Waals surface area contributed by atoms with Crippen molar-refractivity contribution in [3.63, 3.8) is 0 Å². The zero-order valence-electron chi connectivity index (χ0n) is 27.6. The summed E-state index contributed by atoms with van der Waals surface area (Å²) in [5, 5.41) is 0. The Hall–Kier alpha value is -2.76. The first kappa shape index (κ1) is 33.2. The Morgan fingerprint density at radius 2 is 1.78 bits per heavy atom. The van der Waals surface area contributed by atoms with E-state index < -0.39 is 0 Å². The molecule has 3 fully saturated rings. The number of aromatic nitrogens is 3. The number of carbonyl (C=O) groups is 2. The van der Waals surface area contributed by atoms with E-state index in [1.807, 2.05) is 11.3 Å². The molecule has 0 atom stereocenters. The first-order valence-electron chi connectivity index (χ1n) is 17.6. The summed E-state index contributed by atoms with van der Waals surface area (Å²) in [6.07, 6.45) is 11.2. The van der Waals surface area contributed by atoms with Crippen LogP contribution in [-0.4, -0.2) is 77.4 Å². The fourth-order valence-corrected chi connectivity index (χ4v) is 8.89. The van der Waals surface area contributed by atoms with Crippen LogP contribution in [0.4, 0.5) is 5.82 Å². The quantitative estimate of drug-likeness (QED) is 0.184. The number of fused-ring (bicyclic) bond motifs is 3. The predicted molar refractivity (Wildman–Crippen MR) is 181 cm³/mol. The molecule has 0 aromatic carbocycles. The summed E-state index contributed by atoms with van der Waals surface area (Å²) in [6.45, 7) is 9.29. The lowest BCUT2D eigenvalue weighted by Crippen LogP contribution is -2.42. The number of hydrogen-bond donors (Lipinski definition) is 1. The van der Waals surface area contributed by atoms with Crippen molar-refractivity contribution in [3.05, 3.63) is 16.8 Å². The van der Waals surface area contributed by atoms with E-state index >= 15 is 0 Å². The average Bonchev–Trinajstić information content (AvgIpc) is 3.66. The Kier molecular flexibility index (Phi) is 11.1. The molecule has 252 valence electrons. The van der Waals surface area contributed by atoms with E-state index in [0.29, 0.717) is 49.3 Å². The van der Waals surface area contributed by atoms with Crippen LogP contribution >= 0.6 is 11.3 Å². The van der Waals surface area contributed by atoms with Gasteiger partial charge in [0.1, 0.15) is 17.9 Å². The summed E-state index contributed by atoms with van der Waals surface area (Å²) in [4.78, 5) is 37.8. The highest BCUT2D eigenvalue weighted by Gasteiger charge is 2.33. The van der Waals surface area contributed by atoms with Crippen LogP contribution in [0.15, 0.2) is 6.07 Å². The third-order valence-corrected chi connectivity index (χ3v) is 11.6. The number of pyridine rings is 1. The standard InChI is InChI=1S/C35H51N5O5S/c1-3-4-5-30-38-31-32(40(30)21-24-12-16-43-17-13-24)33-28(37-34(31)36)20-29(46-33)26-10-14-39(15-11-26)35(42)27-8-6-25(7-9-27)22-44-18-19-45-23(2)41/h20,24-27H,3-19,21-22H2,1-2H3,(H2,36,37). The van der Waals surface area contributed by atoms with Gasteiger partial charge in [0.25, 0.3) is 0 Å². The fraction of sp³-hybridized carbons (Fsp3) is 0.714. The van der Waals surface area contributed by atoms with Gasteiger partial charge in [0.05, 0.1) is 22.3 Å². The minimum absolute atomic E-state index is 0.122. The van der Waals surface area contributed by atoms with Crippen LogP contribution in [0.2, 0.25) is 0 Å². The Bertz CT molecular complexity index is 1480. The summed E-state index contributed by atoms with van der Waals surface area (Å²) in [5.74, 6) is 3.31. The number of piperidine rings is 1. The number of thiophene rings is 1. The third-order valence-electron chi connectivity index (χ3n) is 10.3. The molecule has 1 saturated carbocycles. The number of anilines is 1. The molecule has 2 saturated heterocycles. The number of nitrogens with zero attached hydrogens (tertiary/aromatic N) is 4. The van der Waals surface area contributed by atoms with Crippen LogP contribution < -0.4 is 5.73 Å². The molecule has 6 rings (SSSR count). The molecule has 5 heterocycles. The molecule has 11 heteroatoms. The van der Waals surface area contributed by atoms with Crippen LogP contribution in [0.5, 0.6) is 0 Å². The lowest BCUT2D eigenvalue weighted by molar-refractivity contribution is -0.142. The number of ether oxygens (including phenoxy) is 3. The number of unbranched alkanes of at least 4 members (excludes halogenated alkanes) is 1. The molecule has 46 heavy (non-hydrogen) atoms. The molecular weight excluding hydrogens is 602 g/mol. The van der Waals surface area contributed by atoms with Gasteiger partial charge < -0.3 is 29.4 Å². The van der Waals surface area contributed by atoms with Crippen molar-refractivity contribution >= 4 is 50.3 Å². The average molecular weight is 654 g/mol. The first-order chi connectivity index (χ1) is 22.4. The van der Waals surface area contributed by atoms with Gasteiger partial charge in [-0.25, -0.2) is 9.97 Å². The number of imidazole rings is 1. The molecule has 3 aliphatic rings. The van der Waals surface area contributed by atoms with Gasteiger partial charge in [-0.15, -0.1) is 11.3 Å². The van der Waals surface area contributed by atoms with Crippen molar-refractivity contribution in [2.24, 2.45) is 17.8 Å². The lowest BCUT2D eigenvalue weighted by atomic mass is 9.81.